The van der Waals surface area contributed by atoms with Crippen LogP contribution in [0.1, 0.15) is 28.8 Å². The van der Waals surface area contributed by atoms with Crippen LogP contribution in [0.15, 0.2) is 42.5 Å². The third-order valence-corrected chi connectivity index (χ3v) is 4.20. The molecule has 0 spiro atoms. The van der Waals surface area contributed by atoms with Gasteiger partial charge in [-0.25, -0.2) is 0 Å². The Balaban J connectivity index is 1.35. The van der Waals surface area contributed by atoms with Crippen molar-refractivity contribution in [3.05, 3.63) is 53.6 Å². The first-order valence-corrected chi connectivity index (χ1v) is 8.17. The van der Waals surface area contributed by atoms with Gasteiger partial charge in [-0.2, -0.15) is 15.4 Å². The van der Waals surface area contributed by atoms with Crippen LogP contribution >= 0.6 is 0 Å². The topological polar surface area (TPSA) is 99.8 Å². The highest BCUT2D eigenvalue weighted by molar-refractivity contribution is 5.97. The molecule has 1 aromatic heterocycles. The van der Waals surface area contributed by atoms with Crippen LogP contribution in [-0.2, 0) is 11.3 Å². The van der Waals surface area contributed by atoms with Crippen molar-refractivity contribution in [2.24, 2.45) is 5.92 Å². The first-order valence-electron chi connectivity index (χ1n) is 8.17. The second-order valence-corrected chi connectivity index (χ2v) is 6.17. The molecule has 3 N–H and O–H groups in total. The van der Waals surface area contributed by atoms with Crippen molar-refractivity contribution in [1.29, 1.82) is 0 Å². The molecule has 1 aliphatic rings. The summed E-state index contributed by atoms with van der Waals surface area (Å²) in [6, 6.07) is 12.7. The van der Waals surface area contributed by atoms with Gasteiger partial charge in [-0.1, -0.05) is 12.1 Å². The van der Waals surface area contributed by atoms with Gasteiger partial charge in [-0.05, 0) is 48.7 Å². The van der Waals surface area contributed by atoms with E-state index in [0.717, 1.165) is 29.6 Å². The van der Waals surface area contributed by atoms with E-state index in [9.17, 15) is 9.59 Å². The summed E-state index contributed by atoms with van der Waals surface area (Å²) in [5, 5.41) is 16.2. The number of aromatic nitrogens is 3. The second kappa shape index (κ2) is 6.35. The highest BCUT2D eigenvalue weighted by Crippen LogP contribution is 2.30. The third kappa shape index (κ3) is 3.50. The van der Waals surface area contributed by atoms with Gasteiger partial charge in [0.05, 0.1) is 0 Å². The molecule has 2 amide bonds. The lowest BCUT2D eigenvalue weighted by Gasteiger charge is -2.08. The standard InChI is InChI=1S/C18H17N5O2/c24-17(13-5-8-15-16(9-13)22-23-21-15)19-10-11-1-6-14(7-2-11)20-18(25)12-3-4-12/h1-2,5-9,12H,3-4,10H2,(H,19,24)(H,20,25)(H,21,22,23). The van der Waals surface area contributed by atoms with E-state index in [4.69, 9.17) is 0 Å². The summed E-state index contributed by atoms with van der Waals surface area (Å²) < 4.78 is 0. The maximum atomic E-state index is 12.3. The average Bonchev–Trinajstić information content (AvgIpc) is 3.38. The van der Waals surface area contributed by atoms with Crippen LogP contribution in [0.3, 0.4) is 0 Å². The Morgan fingerprint density at radius 2 is 1.80 bits per heavy atom. The second-order valence-electron chi connectivity index (χ2n) is 6.17. The number of nitrogens with zero attached hydrogens (tertiary/aromatic N) is 2. The Morgan fingerprint density at radius 3 is 2.56 bits per heavy atom. The maximum Gasteiger partial charge on any atom is 0.251 e. The number of H-pyrrole nitrogens is 1. The zero-order valence-corrected chi connectivity index (χ0v) is 13.5. The number of fused-ring (bicyclic) bond motifs is 1. The number of hydrogen-bond acceptors (Lipinski definition) is 4. The smallest absolute Gasteiger partial charge is 0.251 e. The molecule has 126 valence electrons. The van der Waals surface area contributed by atoms with Gasteiger partial charge >= 0.3 is 0 Å². The van der Waals surface area contributed by atoms with Gasteiger partial charge in [0.1, 0.15) is 11.0 Å². The normalized spacial score (nSPS) is 13.6. The van der Waals surface area contributed by atoms with Crippen molar-refractivity contribution >= 4 is 28.5 Å². The molecule has 7 heteroatoms. The van der Waals surface area contributed by atoms with E-state index in [0.29, 0.717) is 17.6 Å². The molecule has 3 aromatic rings. The van der Waals surface area contributed by atoms with Crippen LogP contribution in [-0.4, -0.2) is 27.2 Å². The van der Waals surface area contributed by atoms with Crippen molar-refractivity contribution in [1.82, 2.24) is 20.7 Å². The number of benzene rings is 2. The molecular weight excluding hydrogens is 318 g/mol. The fraction of sp³-hybridized carbons (Fsp3) is 0.222. The monoisotopic (exact) mass is 335 g/mol. The molecule has 7 nitrogen and oxygen atoms in total. The predicted octanol–water partition coefficient (Wildman–Crippen LogP) is 2.24. The van der Waals surface area contributed by atoms with Gasteiger partial charge in [-0.3, -0.25) is 9.59 Å². The molecule has 0 aliphatic heterocycles. The van der Waals surface area contributed by atoms with E-state index in [1.165, 1.54) is 0 Å². The first kappa shape index (κ1) is 15.3. The van der Waals surface area contributed by atoms with Crippen LogP contribution in [0.5, 0.6) is 0 Å². The summed E-state index contributed by atoms with van der Waals surface area (Å²) in [4.78, 5) is 24.0. The Morgan fingerprint density at radius 1 is 1.04 bits per heavy atom. The van der Waals surface area contributed by atoms with Gasteiger partial charge in [0.15, 0.2) is 0 Å². The molecule has 4 rings (SSSR count). The number of carbonyl (C=O) groups is 2. The summed E-state index contributed by atoms with van der Waals surface area (Å²) in [6.07, 6.45) is 1.96. The highest BCUT2D eigenvalue weighted by atomic mass is 16.2. The number of amides is 2. The Kier molecular flexibility index (Phi) is 3.89. The fourth-order valence-electron chi connectivity index (χ4n) is 2.56. The highest BCUT2D eigenvalue weighted by Gasteiger charge is 2.29. The lowest BCUT2D eigenvalue weighted by molar-refractivity contribution is -0.117. The molecule has 0 unspecified atom stereocenters. The summed E-state index contributed by atoms with van der Waals surface area (Å²) in [5.41, 5.74) is 3.65. The number of aromatic amines is 1. The van der Waals surface area contributed by atoms with Crippen LogP contribution in [0, 0.1) is 5.92 Å². The number of rotatable bonds is 5. The average molecular weight is 335 g/mol. The molecule has 0 bridgehead atoms. The Labute approximate surface area is 143 Å². The van der Waals surface area contributed by atoms with Gasteiger partial charge in [-0.15, -0.1) is 0 Å². The minimum atomic E-state index is -0.170. The van der Waals surface area contributed by atoms with Gasteiger partial charge in [0.2, 0.25) is 5.91 Å². The molecule has 25 heavy (non-hydrogen) atoms. The Bertz CT molecular complexity index is 928. The van der Waals surface area contributed by atoms with E-state index < -0.39 is 0 Å². The zero-order valence-electron chi connectivity index (χ0n) is 13.5. The molecular formula is C18H17N5O2. The van der Waals surface area contributed by atoms with E-state index in [1.54, 1.807) is 18.2 Å². The zero-order chi connectivity index (χ0) is 17.2. The fourth-order valence-corrected chi connectivity index (χ4v) is 2.56. The number of hydrogen-bond donors (Lipinski definition) is 3. The third-order valence-electron chi connectivity index (χ3n) is 4.20. The molecule has 1 aliphatic carbocycles. The Hall–Kier alpha value is -3.22. The SMILES string of the molecule is O=C(NCc1ccc(NC(=O)C2CC2)cc1)c1ccc2n[nH]nc2c1. The summed E-state index contributed by atoms with van der Waals surface area (Å²) >= 11 is 0. The van der Waals surface area contributed by atoms with Crippen LogP contribution in [0.25, 0.3) is 11.0 Å². The molecule has 0 atom stereocenters. The van der Waals surface area contributed by atoms with Crippen molar-refractivity contribution in [2.45, 2.75) is 19.4 Å². The number of nitrogens with one attached hydrogen (secondary N) is 3. The van der Waals surface area contributed by atoms with E-state index in [2.05, 4.69) is 26.0 Å². The maximum absolute atomic E-state index is 12.3. The van der Waals surface area contributed by atoms with Crippen molar-refractivity contribution in [3.63, 3.8) is 0 Å². The molecule has 2 aromatic carbocycles. The van der Waals surface area contributed by atoms with Crippen LogP contribution < -0.4 is 10.6 Å². The van der Waals surface area contributed by atoms with Crippen molar-refractivity contribution < 1.29 is 9.59 Å². The predicted molar refractivity (Wildman–Crippen MR) is 92.9 cm³/mol. The van der Waals surface area contributed by atoms with E-state index >= 15 is 0 Å². The van der Waals surface area contributed by atoms with E-state index in [-0.39, 0.29) is 17.7 Å². The number of anilines is 1. The van der Waals surface area contributed by atoms with Gasteiger partial charge in [0, 0.05) is 23.7 Å². The van der Waals surface area contributed by atoms with Crippen LogP contribution in [0.2, 0.25) is 0 Å². The van der Waals surface area contributed by atoms with Gasteiger partial charge in [0.25, 0.3) is 5.91 Å². The lowest BCUT2D eigenvalue weighted by Crippen LogP contribution is -2.22. The van der Waals surface area contributed by atoms with Crippen LogP contribution in [0.4, 0.5) is 5.69 Å². The summed E-state index contributed by atoms with van der Waals surface area (Å²) in [6.45, 7) is 0.409. The quantitative estimate of drug-likeness (QED) is 0.666. The molecule has 1 fully saturated rings. The first-order chi connectivity index (χ1) is 12.2. The van der Waals surface area contributed by atoms with Crippen molar-refractivity contribution in [2.75, 3.05) is 5.32 Å². The molecule has 1 saturated carbocycles. The minimum Gasteiger partial charge on any atom is -0.348 e. The molecule has 0 radical (unpaired) electrons. The molecule has 1 heterocycles. The summed E-state index contributed by atoms with van der Waals surface area (Å²) in [5.74, 6) is 0.0985. The van der Waals surface area contributed by atoms with Crippen molar-refractivity contribution in [3.8, 4) is 0 Å². The lowest BCUT2D eigenvalue weighted by atomic mass is 10.1. The van der Waals surface area contributed by atoms with Gasteiger partial charge < -0.3 is 10.6 Å². The minimum absolute atomic E-state index is 0.0873. The molecule has 0 saturated heterocycles. The van der Waals surface area contributed by atoms with E-state index in [1.807, 2.05) is 24.3 Å². The summed E-state index contributed by atoms with van der Waals surface area (Å²) in [7, 11) is 0. The number of carbonyl (C=O) groups excluding carboxylic acids is 2. The largest absolute Gasteiger partial charge is 0.348 e.